The lowest BCUT2D eigenvalue weighted by Gasteiger charge is -2.30. The zero-order valence-corrected chi connectivity index (χ0v) is 17.4. The van der Waals surface area contributed by atoms with Gasteiger partial charge in [-0.1, -0.05) is 37.5 Å². The van der Waals surface area contributed by atoms with Crippen LogP contribution in [0.4, 0.5) is 5.69 Å². The van der Waals surface area contributed by atoms with E-state index >= 15 is 0 Å². The number of anilines is 1. The molecule has 0 aliphatic carbocycles. The second kappa shape index (κ2) is 11.8. The van der Waals surface area contributed by atoms with Crippen molar-refractivity contribution in [3.63, 3.8) is 0 Å². The van der Waals surface area contributed by atoms with Gasteiger partial charge in [0.2, 0.25) is 11.8 Å². The van der Waals surface area contributed by atoms with Crippen molar-refractivity contribution in [2.75, 3.05) is 44.2 Å². The van der Waals surface area contributed by atoms with Crippen LogP contribution in [0.3, 0.4) is 0 Å². The van der Waals surface area contributed by atoms with Gasteiger partial charge in [-0.3, -0.25) is 14.5 Å². The highest BCUT2D eigenvalue weighted by atomic mass is 16.3. The standard InChI is InChI=1S/C22H35N3O3/c1-3-24(15-16-26)22(28)18-23-13-9-5-4-6-10-14-25(19(2)27)21-12-8-7-11-20(21)17-23/h7-8,11-12,26H,3-6,9-10,13-18H2,1-2H3. The van der Waals surface area contributed by atoms with Gasteiger partial charge in [-0.25, -0.2) is 0 Å². The number of aliphatic hydroxyl groups is 1. The van der Waals surface area contributed by atoms with Crippen LogP contribution in [0.1, 0.15) is 51.5 Å². The first-order valence-corrected chi connectivity index (χ1v) is 10.5. The number of carbonyl (C=O) groups is 2. The van der Waals surface area contributed by atoms with Gasteiger partial charge in [-0.2, -0.15) is 0 Å². The molecule has 0 saturated carbocycles. The quantitative estimate of drug-likeness (QED) is 0.841. The lowest BCUT2D eigenvalue weighted by Crippen LogP contribution is -2.42. The molecule has 1 aliphatic heterocycles. The molecular formula is C22H35N3O3. The SMILES string of the molecule is CCN(CCO)C(=O)CN1CCCCCCCN(C(C)=O)c2ccccc2C1. The molecule has 0 bridgehead atoms. The van der Waals surface area contributed by atoms with Crippen molar-refractivity contribution in [1.29, 1.82) is 0 Å². The Hall–Kier alpha value is -1.92. The summed E-state index contributed by atoms with van der Waals surface area (Å²) in [6.07, 6.45) is 5.49. The third kappa shape index (κ3) is 6.60. The summed E-state index contributed by atoms with van der Waals surface area (Å²) >= 11 is 0. The van der Waals surface area contributed by atoms with Gasteiger partial charge in [0.05, 0.1) is 13.2 Å². The van der Waals surface area contributed by atoms with Crippen LogP contribution in [-0.4, -0.2) is 66.1 Å². The van der Waals surface area contributed by atoms with Crippen molar-refractivity contribution in [1.82, 2.24) is 9.80 Å². The molecule has 28 heavy (non-hydrogen) atoms. The molecule has 0 atom stereocenters. The van der Waals surface area contributed by atoms with Gasteiger partial charge in [0.1, 0.15) is 0 Å². The van der Waals surface area contributed by atoms with Crippen LogP contribution in [0.5, 0.6) is 0 Å². The Kier molecular flexibility index (Phi) is 9.44. The van der Waals surface area contributed by atoms with Crippen LogP contribution in [0.2, 0.25) is 0 Å². The topological polar surface area (TPSA) is 64.1 Å². The summed E-state index contributed by atoms with van der Waals surface area (Å²) < 4.78 is 0. The summed E-state index contributed by atoms with van der Waals surface area (Å²) in [6.45, 7) is 7.09. The van der Waals surface area contributed by atoms with E-state index in [1.165, 1.54) is 0 Å². The Labute approximate surface area is 169 Å². The number of carbonyl (C=O) groups excluding carboxylic acids is 2. The first-order valence-electron chi connectivity index (χ1n) is 10.5. The van der Waals surface area contributed by atoms with Crippen LogP contribution >= 0.6 is 0 Å². The van der Waals surface area contributed by atoms with Crippen molar-refractivity contribution in [3.05, 3.63) is 29.8 Å². The van der Waals surface area contributed by atoms with Crippen molar-refractivity contribution in [3.8, 4) is 0 Å². The Morgan fingerprint density at radius 3 is 2.43 bits per heavy atom. The normalized spacial score (nSPS) is 16.6. The van der Waals surface area contributed by atoms with Crippen LogP contribution in [0.25, 0.3) is 0 Å². The monoisotopic (exact) mass is 389 g/mol. The molecule has 0 fully saturated rings. The molecule has 2 rings (SSSR count). The molecule has 1 heterocycles. The van der Waals surface area contributed by atoms with Crippen LogP contribution in [0.15, 0.2) is 24.3 Å². The van der Waals surface area contributed by atoms with Crippen molar-refractivity contribution in [2.24, 2.45) is 0 Å². The van der Waals surface area contributed by atoms with Gasteiger partial charge in [-0.05, 0) is 37.9 Å². The molecule has 6 nitrogen and oxygen atoms in total. The second-order valence-electron chi connectivity index (χ2n) is 7.47. The Morgan fingerprint density at radius 1 is 1.07 bits per heavy atom. The van der Waals surface area contributed by atoms with Crippen LogP contribution in [-0.2, 0) is 16.1 Å². The number of rotatable bonds is 5. The highest BCUT2D eigenvalue weighted by molar-refractivity contribution is 5.92. The van der Waals surface area contributed by atoms with E-state index in [2.05, 4.69) is 11.0 Å². The third-order valence-electron chi connectivity index (χ3n) is 5.38. The van der Waals surface area contributed by atoms with Gasteiger partial charge < -0.3 is 14.9 Å². The second-order valence-corrected chi connectivity index (χ2v) is 7.47. The smallest absolute Gasteiger partial charge is 0.236 e. The zero-order chi connectivity index (χ0) is 20.4. The molecule has 0 radical (unpaired) electrons. The maximum Gasteiger partial charge on any atom is 0.236 e. The highest BCUT2D eigenvalue weighted by Gasteiger charge is 2.20. The number of aliphatic hydroxyl groups excluding tert-OH is 1. The van der Waals surface area contributed by atoms with Gasteiger partial charge in [0.25, 0.3) is 0 Å². The minimum absolute atomic E-state index is 0.0179. The predicted molar refractivity (Wildman–Crippen MR) is 112 cm³/mol. The number of likely N-dealkylation sites (N-methyl/N-ethyl adjacent to an activating group) is 1. The predicted octanol–water partition coefficient (Wildman–Crippen LogP) is 2.65. The summed E-state index contributed by atoms with van der Waals surface area (Å²) in [7, 11) is 0. The van der Waals surface area contributed by atoms with Gasteiger partial charge >= 0.3 is 0 Å². The molecule has 0 unspecified atom stereocenters. The summed E-state index contributed by atoms with van der Waals surface area (Å²) in [4.78, 5) is 30.7. The van der Waals surface area contributed by atoms with Gasteiger partial charge in [0, 0.05) is 38.8 Å². The van der Waals surface area contributed by atoms with Gasteiger partial charge in [0.15, 0.2) is 0 Å². The largest absolute Gasteiger partial charge is 0.395 e. The van der Waals surface area contributed by atoms with Crippen molar-refractivity contribution < 1.29 is 14.7 Å². The lowest BCUT2D eigenvalue weighted by atomic mass is 10.1. The molecule has 1 N–H and O–H groups in total. The van der Waals surface area contributed by atoms with E-state index in [9.17, 15) is 14.7 Å². The van der Waals surface area contributed by atoms with E-state index in [0.29, 0.717) is 26.2 Å². The summed E-state index contributed by atoms with van der Waals surface area (Å²) in [5.74, 6) is 0.108. The number of amides is 2. The fraction of sp³-hybridized carbons (Fsp3) is 0.636. The van der Waals surface area contributed by atoms with Crippen LogP contribution < -0.4 is 4.90 Å². The molecular weight excluding hydrogens is 354 g/mol. The minimum atomic E-state index is -0.0179. The van der Waals surface area contributed by atoms with E-state index in [-0.39, 0.29) is 18.4 Å². The molecule has 2 amide bonds. The average Bonchev–Trinajstić information content (AvgIpc) is 2.67. The van der Waals surface area contributed by atoms with Gasteiger partial charge in [-0.15, -0.1) is 0 Å². The van der Waals surface area contributed by atoms with E-state index in [4.69, 9.17) is 0 Å². The summed E-state index contributed by atoms with van der Waals surface area (Å²) in [6, 6.07) is 8.02. The molecule has 0 spiro atoms. The molecule has 1 aromatic carbocycles. The Bertz CT molecular complexity index is 635. The molecule has 0 saturated heterocycles. The zero-order valence-electron chi connectivity index (χ0n) is 17.4. The lowest BCUT2D eigenvalue weighted by molar-refractivity contribution is -0.133. The van der Waals surface area contributed by atoms with Crippen LogP contribution in [0, 0.1) is 0 Å². The minimum Gasteiger partial charge on any atom is -0.395 e. The Balaban J connectivity index is 2.23. The molecule has 6 heteroatoms. The van der Waals surface area contributed by atoms with E-state index in [0.717, 1.165) is 56.4 Å². The number of fused-ring (bicyclic) bond motifs is 1. The average molecular weight is 390 g/mol. The number of nitrogens with zero attached hydrogens (tertiary/aromatic N) is 3. The van der Waals surface area contributed by atoms with E-state index in [1.54, 1.807) is 11.8 Å². The molecule has 1 aromatic rings. The highest BCUT2D eigenvalue weighted by Crippen LogP contribution is 2.24. The first kappa shape index (κ1) is 22.4. The molecule has 0 aromatic heterocycles. The fourth-order valence-electron chi connectivity index (χ4n) is 3.82. The van der Waals surface area contributed by atoms with E-state index in [1.807, 2.05) is 30.0 Å². The fourth-order valence-corrected chi connectivity index (χ4v) is 3.82. The molecule has 156 valence electrons. The Morgan fingerprint density at radius 2 is 1.75 bits per heavy atom. The maximum absolute atomic E-state index is 12.7. The summed E-state index contributed by atoms with van der Waals surface area (Å²) in [5.41, 5.74) is 2.03. The number of benzene rings is 1. The number of hydrogen-bond acceptors (Lipinski definition) is 4. The number of hydrogen-bond donors (Lipinski definition) is 1. The third-order valence-corrected chi connectivity index (χ3v) is 5.38. The van der Waals surface area contributed by atoms with Crippen molar-refractivity contribution in [2.45, 2.75) is 52.5 Å². The first-order chi connectivity index (χ1) is 13.6. The number of para-hydroxylation sites is 1. The molecule has 1 aliphatic rings. The van der Waals surface area contributed by atoms with E-state index < -0.39 is 0 Å². The maximum atomic E-state index is 12.7. The van der Waals surface area contributed by atoms with Crippen molar-refractivity contribution >= 4 is 17.5 Å². The summed E-state index contributed by atoms with van der Waals surface area (Å²) in [5, 5.41) is 9.20.